The number of fused-ring (bicyclic) bond motifs is 3. The molecule has 0 saturated carbocycles. The molecule has 3 nitrogen and oxygen atoms in total. The van der Waals surface area contributed by atoms with Crippen LogP contribution in [0.5, 0.6) is 0 Å². The van der Waals surface area contributed by atoms with Crippen molar-refractivity contribution in [3.8, 4) is 0 Å². The first-order chi connectivity index (χ1) is 10.6. The van der Waals surface area contributed by atoms with Crippen LogP contribution in [0.4, 0.5) is 0 Å². The number of benzene rings is 2. The van der Waals surface area contributed by atoms with Gasteiger partial charge in [0.05, 0.1) is 0 Å². The second-order valence-electron chi connectivity index (χ2n) is 5.55. The molecule has 1 aromatic heterocycles. The van der Waals surface area contributed by atoms with Crippen LogP contribution < -0.4 is 0 Å². The third-order valence-electron chi connectivity index (χ3n) is 4.03. The highest BCUT2D eigenvalue weighted by Gasteiger charge is 2.19. The van der Waals surface area contributed by atoms with E-state index in [4.69, 9.17) is 4.74 Å². The Kier molecular flexibility index (Phi) is 3.50. The summed E-state index contributed by atoms with van der Waals surface area (Å²) in [6.07, 6.45) is 0. The van der Waals surface area contributed by atoms with Gasteiger partial charge in [0.1, 0.15) is 12.6 Å². The second kappa shape index (κ2) is 5.39. The van der Waals surface area contributed by atoms with Crippen LogP contribution in [0, 0.1) is 0 Å². The maximum absolute atomic E-state index is 5.50. The van der Waals surface area contributed by atoms with E-state index in [-0.39, 0.29) is 6.04 Å². The Morgan fingerprint density at radius 2 is 1.68 bits per heavy atom. The fraction of sp³-hybridized carbons (Fsp3) is 0.235. The van der Waals surface area contributed by atoms with Crippen LogP contribution in [0.15, 0.2) is 50.3 Å². The van der Waals surface area contributed by atoms with E-state index < -0.39 is 0 Å². The third kappa shape index (κ3) is 2.36. The fourth-order valence-electron chi connectivity index (χ4n) is 3.10. The lowest BCUT2D eigenvalue weighted by Crippen LogP contribution is -2.15. The molecule has 0 fully saturated rings. The number of halogens is 2. The van der Waals surface area contributed by atoms with E-state index in [9.17, 15) is 0 Å². The quantitative estimate of drug-likeness (QED) is 0.562. The number of nitrogens with zero attached hydrogens (tertiary/aromatic N) is 2. The lowest BCUT2D eigenvalue weighted by molar-refractivity contribution is 0.305. The van der Waals surface area contributed by atoms with Gasteiger partial charge in [-0.2, -0.15) is 0 Å². The van der Waals surface area contributed by atoms with Crippen LogP contribution in [0.3, 0.4) is 0 Å². The average Bonchev–Trinajstić information content (AvgIpc) is 3.02. The molecule has 2 aromatic carbocycles. The summed E-state index contributed by atoms with van der Waals surface area (Å²) in [5, 5.41) is 2.51. The average molecular weight is 422 g/mol. The fourth-order valence-corrected chi connectivity index (χ4v) is 3.82. The molecule has 1 aliphatic rings. The van der Waals surface area contributed by atoms with Crippen LogP contribution in [-0.4, -0.2) is 23.1 Å². The number of rotatable bonds is 2. The van der Waals surface area contributed by atoms with Crippen molar-refractivity contribution >= 4 is 59.6 Å². The summed E-state index contributed by atoms with van der Waals surface area (Å²) in [5.74, 6) is 0.788. The molecule has 1 aliphatic heterocycles. The maximum Gasteiger partial charge on any atom is 0.180 e. The molecular weight excluding hydrogens is 408 g/mol. The molecule has 0 spiro atoms. The van der Waals surface area contributed by atoms with Gasteiger partial charge in [-0.15, -0.1) is 0 Å². The summed E-state index contributed by atoms with van der Waals surface area (Å²) in [6, 6.07) is 13.1. The monoisotopic (exact) mass is 420 g/mol. The smallest absolute Gasteiger partial charge is 0.180 e. The van der Waals surface area contributed by atoms with Gasteiger partial charge in [-0.3, -0.25) is 0 Å². The molecular formula is C17H14Br2N2O. The lowest BCUT2D eigenvalue weighted by Gasteiger charge is -2.10. The van der Waals surface area contributed by atoms with Gasteiger partial charge in [-0.25, -0.2) is 4.99 Å². The van der Waals surface area contributed by atoms with E-state index in [1.807, 2.05) is 6.92 Å². The van der Waals surface area contributed by atoms with Crippen molar-refractivity contribution in [1.82, 2.24) is 4.57 Å². The van der Waals surface area contributed by atoms with Crippen LogP contribution >= 0.6 is 31.9 Å². The SMILES string of the molecule is CC1=N[C@@H](Cn2c3ccc(Br)cc3c3cc(Br)ccc32)CO1. The van der Waals surface area contributed by atoms with Gasteiger partial charge in [0.25, 0.3) is 0 Å². The first kappa shape index (κ1) is 14.3. The summed E-state index contributed by atoms with van der Waals surface area (Å²) in [5.41, 5.74) is 2.46. The zero-order valence-electron chi connectivity index (χ0n) is 12.0. The molecule has 5 heteroatoms. The molecule has 0 amide bonds. The van der Waals surface area contributed by atoms with Crippen molar-refractivity contribution in [3.63, 3.8) is 0 Å². The third-order valence-corrected chi connectivity index (χ3v) is 5.02. The topological polar surface area (TPSA) is 26.5 Å². The molecule has 1 atom stereocenters. The van der Waals surface area contributed by atoms with Crippen LogP contribution in [0.2, 0.25) is 0 Å². The van der Waals surface area contributed by atoms with Crippen molar-refractivity contribution in [2.45, 2.75) is 19.5 Å². The van der Waals surface area contributed by atoms with E-state index in [1.165, 1.54) is 21.8 Å². The lowest BCUT2D eigenvalue weighted by atomic mass is 10.2. The minimum Gasteiger partial charge on any atom is -0.479 e. The first-order valence-electron chi connectivity index (χ1n) is 7.16. The summed E-state index contributed by atoms with van der Waals surface area (Å²) >= 11 is 7.16. The highest BCUT2D eigenvalue weighted by Crippen LogP contribution is 2.33. The molecule has 0 bridgehead atoms. The molecule has 0 unspecified atom stereocenters. The largest absolute Gasteiger partial charge is 0.479 e. The summed E-state index contributed by atoms with van der Waals surface area (Å²) in [7, 11) is 0. The number of hydrogen-bond acceptors (Lipinski definition) is 2. The predicted molar refractivity (Wildman–Crippen MR) is 97.7 cm³/mol. The Bertz CT molecular complexity index is 855. The molecule has 2 heterocycles. The Balaban J connectivity index is 1.94. The van der Waals surface area contributed by atoms with E-state index in [0.717, 1.165) is 21.4 Å². The van der Waals surface area contributed by atoms with E-state index >= 15 is 0 Å². The van der Waals surface area contributed by atoms with E-state index in [0.29, 0.717) is 6.61 Å². The van der Waals surface area contributed by atoms with Crippen molar-refractivity contribution < 1.29 is 4.74 Å². The Morgan fingerprint density at radius 3 is 2.18 bits per heavy atom. The van der Waals surface area contributed by atoms with Crippen molar-refractivity contribution in [1.29, 1.82) is 0 Å². The zero-order valence-corrected chi connectivity index (χ0v) is 15.2. The second-order valence-corrected chi connectivity index (χ2v) is 7.38. The van der Waals surface area contributed by atoms with Gasteiger partial charge in [-0.05, 0) is 36.4 Å². The molecule has 3 aromatic rings. The molecule has 112 valence electrons. The molecule has 4 rings (SSSR count). The van der Waals surface area contributed by atoms with Crippen molar-refractivity contribution in [2.75, 3.05) is 6.61 Å². The Hall–Kier alpha value is -1.33. The van der Waals surface area contributed by atoms with Crippen molar-refractivity contribution in [2.24, 2.45) is 4.99 Å². The molecule has 0 radical (unpaired) electrons. The van der Waals surface area contributed by atoms with E-state index in [1.54, 1.807) is 0 Å². The minimum absolute atomic E-state index is 0.186. The predicted octanol–water partition coefficient (Wildman–Crippen LogP) is 5.14. The number of ether oxygens (including phenoxy) is 1. The zero-order chi connectivity index (χ0) is 15.3. The number of aromatic nitrogens is 1. The van der Waals surface area contributed by atoms with Gasteiger partial charge in [0.15, 0.2) is 5.90 Å². The number of aliphatic imine (C=N–C) groups is 1. The van der Waals surface area contributed by atoms with E-state index in [2.05, 4.69) is 77.8 Å². The highest BCUT2D eigenvalue weighted by atomic mass is 79.9. The molecule has 22 heavy (non-hydrogen) atoms. The molecule has 0 saturated heterocycles. The van der Waals surface area contributed by atoms with Crippen LogP contribution in [-0.2, 0) is 11.3 Å². The minimum atomic E-state index is 0.186. The van der Waals surface area contributed by atoms with Gasteiger partial charge in [0, 0.05) is 44.2 Å². The van der Waals surface area contributed by atoms with Crippen LogP contribution in [0.25, 0.3) is 21.8 Å². The maximum atomic E-state index is 5.50. The molecule has 0 N–H and O–H groups in total. The number of hydrogen-bond donors (Lipinski definition) is 0. The molecule has 0 aliphatic carbocycles. The van der Waals surface area contributed by atoms with Crippen molar-refractivity contribution in [3.05, 3.63) is 45.3 Å². The summed E-state index contributed by atoms with van der Waals surface area (Å²) < 4.78 is 10.0. The standard InChI is InChI=1S/C17H14Br2N2O/c1-10-20-13(9-22-10)8-21-16-4-2-11(18)6-14(16)15-7-12(19)3-5-17(15)21/h2-7,13H,8-9H2,1H3/t13-/m0/s1. The van der Waals surface area contributed by atoms with Gasteiger partial charge in [-0.1, -0.05) is 31.9 Å². The highest BCUT2D eigenvalue weighted by molar-refractivity contribution is 9.10. The Morgan fingerprint density at radius 1 is 1.09 bits per heavy atom. The summed E-state index contributed by atoms with van der Waals surface area (Å²) in [6.45, 7) is 3.42. The first-order valence-corrected chi connectivity index (χ1v) is 8.74. The van der Waals surface area contributed by atoms with Crippen LogP contribution in [0.1, 0.15) is 6.92 Å². The normalized spacial score (nSPS) is 18.0. The van der Waals surface area contributed by atoms with Gasteiger partial charge in [0.2, 0.25) is 0 Å². The summed E-state index contributed by atoms with van der Waals surface area (Å²) in [4.78, 5) is 4.57. The van der Waals surface area contributed by atoms with Gasteiger partial charge >= 0.3 is 0 Å². The Labute approximate surface area is 145 Å². The van der Waals surface area contributed by atoms with Gasteiger partial charge < -0.3 is 9.30 Å².